The Bertz CT molecular complexity index is 904. The van der Waals surface area contributed by atoms with E-state index in [0.717, 1.165) is 27.1 Å². The molecule has 1 aliphatic heterocycles. The minimum atomic E-state index is -3.42. The minimum absolute atomic E-state index is 0.140. The second kappa shape index (κ2) is 6.96. The molecule has 1 unspecified atom stereocenters. The Kier molecular flexibility index (Phi) is 5.07. The van der Waals surface area contributed by atoms with Gasteiger partial charge in [0.2, 0.25) is 10.0 Å². The fourth-order valence-electron chi connectivity index (χ4n) is 2.26. The maximum absolute atomic E-state index is 12.1. The molecule has 2 heterocycles. The Morgan fingerprint density at radius 3 is 2.52 bits per heavy atom. The molecule has 0 spiro atoms. The third-order valence-electron chi connectivity index (χ3n) is 3.57. The molecule has 7 nitrogen and oxygen atoms in total. The topological polar surface area (TPSA) is 100 Å². The van der Waals surface area contributed by atoms with Crippen LogP contribution in [0.5, 0.6) is 0 Å². The van der Waals surface area contributed by atoms with Crippen LogP contribution in [0.2, 0.25) is 0 Å². The van der Waals surface area contributed by atoms with E-state index in [1.165, 1.54) is 29.7 Å². The number of nitrogens with two attached hydrogens (primary N) is 1. The van der Waals surface area contributed by atoms with Gasteiger partial charge in [-0.15, -0.1) is 11.3 Å². The number of hydrogen-bond acceptors (Lipinski definition) is 8. The summed E-state index contributed by atoms with van der Waals surface area (Å²) in [5, 5.41) is 9.06. The van der Waals surface area contributed by atoms with Gasteiger partial charge in [0.05, 0.1) is 15.5 Å². The van der Waals surface area contributed by atoms with Gasteiger partial charge >= 0.3 is 0 Å². The zero-order valence-electron chi connectivity index (χ0n) is 14.0. The molecular weight excluding hydrogens is 378 g/mol. The maximum Gasteiger partial charge on any atom is 0.242 e. The number of hydrogen-bond donors (Lipinski definition) is 3. The first-order valence-corrected chi connectivity index (χ1v) is 10.6. The zero-order valence-corrected chi connectivity index (χ0v) is 16.4. The first-order valence-electron chi connectivity index (χ1n) is 7.42. The molecule has 0 saturated carbocycles. The normalized spacial score (nSPS) is 17.9. The van der Waals surface area contributed by atoms with Crippen LogP contribution in [-0.2, 0) is 10.0 Å². The van der Waals surface area contributed by atoms with E-state index in [1.54, 1.807) is 36.0 Å². The summed E-state index contributed by atoms with van der Waals surface area (Å²) in [6.07, 6.45) is 0. The van der Waals surface area contributed by atoms with Crippen LogP contribution in [0.15, 0.2) is 40.2 Å². The van der Waals surface area contributed by atoms with E-state index in [9.17, 15) is 8.42 Å². The van der Waals surface area contributed by atoms with Crippen LogP contribution in [0.25, 0.3) is 4.91 Å². The summed E-state index contributed by atoms with van der Waals surface area (Å²) in [4.78, 5) is 5.88. The van der Waals surface area contributed by atoms with E-state index in [2.05, 4.69) is 15.6 Å². The molecule has 3 rings (SSSR count). The van der Waals surface area contributed by atoms with Crippen LogP contribution in [-0.4, -0.2) is 37.3 Å². The quantitative estimate of drug-likeness (QED) is 0.712. The van der Waals surface area contributed by atoms with Crippen molar-refractivity contribution in [3.63, 3.8) is 0 Å². The summed E-state index contributed by atoms with van der Waals surface area (Å²) in [6.45, 7) is 1.98. The number of nitrogens with zero attached hydrogens (tertiary/aromatic N) is 2. The van der Waals surface area contributed by atoms with Crippen molar-refractivity contribution in [2.75, 3.05) is 19.4 Å². The van der Waals surface area contributed by atoms with Crippen molar-refractivity contribution in [2.45, 2.75) is 17.3 Å². The third-order valence-corrected chi connectivity index (χ3v) is 7.28. The first kappa shape index (κ1) is 18.2. The Hall–Kier alpha value is -1.59. The lowest BCUT2D eigenvalue weighted by atomic mass is 10.3. The molecule has 1 aliphatic rings. The Balaban J connectivity index is 1.75. The summed E-state index contributed by atoms with van der Waals surface area (Å²) < 4.78 is 25.4. The Morgan fingerprint density at radius 1 is 1.28 bits per heavy atom. The Labute approximate surface area is 155 Å². The smallest absolute Gasteiger partial charge is 0.242 e. The second-order valence-electron chi connectivity index (χ2n) is 5.61. The van der Waals surface area contributed by atoms with Crippen molar-refractivity contribution in [3.05, 3.63) is 41.0 Å². The lowest BCUT2D eigenvalue weighted by molar-refractivity contribution is 0.521. The Morgan fingerprint density at radius 2 is 1.96 bits per heavy atom. The number of benzene rings is 1. The summed E-state index contributed by atoms with van der Waals surface area (Å²) in [6, 6.07) is 6.61. The highest BCUT2D eigenvalue weighted by molar-refractivity contribution is 8.09. The fraction of sp³-hybridized carbons (Fsp3) is 0.267. The number of thioether (sulfide) groups is 1. The predicted octanol–water partition coefficient (Wildman–Crippen LogP) is 2.40. The molecule has 1 aromatic carbocycles. The predicted molar refractivity (Wildman–Crippen MR) is 104 cm³/mol. The SMILES string of the molecule is CC1=C(c2csc(Nc3ccc(S(=O)(=O)N(C)C)cc3)n2)SC(N)N1. The number of sulfonamides is 1. The van der Waals surface area contributed by atoms with E-state index in [-0.39, 0.29) is 10.4 Å². The molecule has 1 atom stereocenters. The number of allylic oxidation sites excluding steroid dienone is 1. The number of rotatable bonds is 5. The molecular formula is C15H19N5O2S3. The van der Waals surface area contributed by atoms with Crippen molar-refractivity contribution in [1.82, 2.24) is 14.6 Å². The summed E-state index contributed by atoms with van der Waals surface area (Å²) in [5.41, 5.74) is 8.41. The van der Waals surface area contributed by atoms with E-state index < -0.39 is 10.0 Å². The van der Waals surface area contributed by atoms with E-state index in [1.807, 2.05) is 12.3 Å². The van der Waals surface area contributed by atoms with Gasteiger partial charge in [-0.3, -0.25) is 0 Å². The van der Waals surface area contributed by atoms with Crippen LogP contribution >= 0.6 is 23.1 Å². The number of nitrogens with one attached hydrogen (secondary N) is 2. The van der Waals surface area contributed by atoms with Gasteiger partial charge in [0.25, 0.3) is 0 Å². The highest BCUT2D eigenvalue weighted by atomic mass is 32.2. The van der Waals surface area contributed by atoms with E-state index in [0.29, 0.717) is 0 Å². The average molecular weight is 398 g/mol. The maximum atomic E-state index is 12.1. The molecule has 0 amide bonds. The molecule has 2 aromatic rings. The number of thiazole rings is 1. The van der Waals surface area contributed by atoms with Crippen molar-refractivity contribution >= 4 is 48.8 Å². The zero-order chi connectivity index (χ0) is 18.2. The third kappa shape index (κ3) is 3.82. The second-order valence-corrected chi connectivity index (χ2v) is 9.77. The van der Waals surface area contributed by atoms with Crippen molar-refractivity contribution in [3.8, 4) is 0 Å². The largest absolute Gasteiger partial charge is 0.364 e. The molecule has 0 radical (unpaired) electrons. The molecule has 25 heavy (non-hydrogen) atoms. The minimum Gasteiger partial charge on any atom is -0.364 e. The lowest BCUT2D eigenvalue weighted by Crippen LogP contribution is -2.28. The van der Waals surface area contributed by atoms with Gasteiger partial charge in [0.1, 0.15) is 5.50 Å². The van der Waals surface area contributed by atoms with Crippen LogP contribution < -0.4 is 16.4 Å². The van der Waals surface area contributed by atoms with Gasteiger partial charge in [-0.05, 0) is 31.2 Å². The standard InChI is InChI=1S/C15H19N5O2S3/c1-9-13(24-14(16)17-9)12-8-23-15(19-12)18-10-4-6-11(7-5-10)25(21,22)20(2)3/h4-8,14,17H,16H2,1-3H3,(H,18,19). The molecule has 0 bridgehead atoms. The average Bonchev–Trinajstić information content (AvgIpc) is 3.13. The van der Waals surface area contributed by atoms with Gasteiger partial charge in [-0.2, -0.15) is 0 Å². The highest BCUT2D eigenvalue weighted by Crippen LogP contribution is 2.37. The van der Waals surface area contributed by atoms with Gasteiger partial charge in [-0.25, -0.2) is 17.7 Å². The number of anilines is 2. The molecule has 0 aliphatic carbocycles. The van der Waals surface area contributed by atoms with Crippen LogP contribution in [0, 0.1) is 0 Å². The fourth-order valence-corrected chi connectivity index (χ4v) is 4.90. The first-order chi connectivity index (χ1) is 11.8. The van der Waals surface area contributed by atoms with Gasteiger partial charge in [0, 0.05) is 30.9 Å². The van der Waals surface area contributed by atoms with Gasteiger partial charge < -0.3 is 16.4 Å². The lowest BCUT2D eigenvalue weighted by Gasteiger charge is -2.11. The van der Waals surface area contributed by atoms with E-state index >= 15 is 0 Å². The molecule has 10 heteroatoms. The van der Waals surface area contributed by atoms with Gasteiger partial charge in [-0.1, -0.05) is 11.8 Å². The van der Waals surface area contributed by atoms with Crippen LogP contribution in [0.1, 0.15) is 12.6 Å². The number of aromatic nitrogens is 1. The van der Waals surface area contributed by atoms with Crippen LogP contribution in [0.4, 0.5) is 10.8 Å². The van der Waals surface area contributed by atoms with Crippen LogP contribution in [0.3, 0.4) is 0 Å². The molecule has 0 fully saturated rings. The monoisotopic (exact) mass is 397 g/mol. The summed E-state index contributed by atoms with van der Waals surface area (Å²) in [5.74, 6) is 0. The van der Waals surface area contributed by atoms with Crippen molar-refractivity contribution in [1.29, 1.82) is 0 Å². The highest BCUT2D eigenvalue weighted by Gasteiger charge is 2.22. The van der Waals surface area contributed by atoms with E-state index in [4.69, 9.17) is 5.73 Å². The summed E-state index contributed by atoms with van der Waals surface area (Å²) in [7, 11) is -0.398. The van der Waals surface area contributed by atoms with Crippen molar-refractivity contribution < 1.29 is 8.42 Å². The molecule has 134 valence electrons. The van der Waals surface area contributed by atoms with Crippen molar-refractivity contribution in [2.24, 2.45) is 5.73 Å². The summed E-state index contributed by atoms with van der Waals surface area (Å²) >= 11 is 3.03. The molecule has 0 saturated heterocycles. The van der Waals surface area contributed by atoms with Gasteiger partial charge in [0.15, 0.2) is 5.13 Å². The molecule has 1 aromatic heterocycles. The molecule has 4 N–H and O–H groups in total.